The Balaban J connectivity index is 1.54. The van der Waals surface area contributed by atoms with Gasteiger partial charge in [0.2, 0.25) is 5.88 Å². The number of nitrogens with two attached hydrogens (primary N) is 1. The van der Waals surface area contributed by atoms with Crippen LogP contribution in [0.15, 0.2) is 36.4 Å². The first kappa shape index (κ1) is 24.4. The highest BCUT2D eigenvalue weighted by molar-refractivity contribution is 5.98. The largest absolute Gasteiger partial charge is 0.486 e. The van der Waals surface area contributed by atoms with Gasteiger partial charge in [-0.1, -0.05) is 0 Å². The number of primary amides is 1. The Morgan fingerprint density at radius 2 is 1.89 bits per heavy atom. The van der Waals surface area contributed by atoms with Crippen LogP contribution >= 0.6 is 0 Å². The van der Waals surface area contributed by atoms with Gasteiger partial charge in [0.1, 0.15) is 18.9 Å². The van der Waals surface area contributed by atoms with E-state index in [-0.39, 0.29) is 24.4 Å². The second kappa shape index (κ2) is 10.0. The van der Waals surface area contributed by atoms with E-state index >= 15 is 0 Å². The van der Waals surface area contributed by atoms with E-state index in [2.05, 4.69) is 9.97 Å². The van der Waals surface area contributed by atoms with Gasteiger partial charge in [-0.15, -0.1) is 0 Å². The first-order valence-corrected chi connectivity index (χ1v) is 11.9. The van der Waals surface area contributed by atoms with Crippen LogP contribution in [0.1, 0.15) is 45.3 Å². The maximum Gasteiger partial charge on any atom is 0.306 e. The Labute approximate surface area is 212 Å². The Hall–Kier alpha value is -4.25. The number of rotatable bonds is 7. The number of fused-ring (bicyclic) bond motifs is 2. The lowest BCUT2D eigenvalue weighted by molar-refractivity contribution is -0.144. The minimum atomic E-state index is -0.915. The van der Waals surface area contributed by atoms with Crippen LogP contribution in [0.2, 0.25) is 0 Å². The fourth-order valence-corrected chi connectivity index (χ4v) is 4.85. The number of aliphatic carboxylic acids is 1. The maximum absolute atomic E-state index is 13.4. The van der Waals surface area contributed by atoms with Crippen molar-refractivity contribution in [2.75, 3.05) is 33.4 Å². The predicted molar refractivity (Wildman–Crippen MR) is 131 cm³/mol. The number of hydrogen-bond acceptors (Lipinski definition) is 9. The van der Waals surface area contributed by atoms with Crippen molar-refractivity contribution >= 4 is 28.7 Å². The van der Waals surface area contributed by atoms with Gasteiger partial charge >= 0.3 is 5.97 Å². The van der Waals surface area contributed by atoms with Gasteiger partial charge in [0.05, 0.1) is 30.6 Å². The van der Waals surface area contributed by atoms with E-state index in [0.717, 1.165) is 0 Å². The fourth-order valence-electron chi connectivity index (χ4n) is 4.85. The van der Waals surface area contributed by atoms with E-state index in [1.54, 1.807) is 30.3 Å². The number of carboxylic acids is 1. The highest BCUT2D eigenvalue weighted by Gasteiger charge is 2.36. The molecule has 11 nitrogen and oxygen atoms in total. The summed E-state index contributed by atoms with van der Waals surface area (Å²) in [4.78, 5) is 48.1. The molecule has 0 radical (unpaired) electrons. The van der Waals surface area contributed by atoms with Crippen molar-refractivity contribution in [3.63, 3.8) is 0 Å². The molecule has 1 aromatic carbocycles. The molecule has 0 aliphatic carbocycles. The molecule has 192 valence electrons. The normalized spacial score (nSPS) is 19.4. The number of carboxylic acid groups (broad SMARTS) is 1. The second-order valence-corrected chi connectivity index (χ2v) is 9.01. The summed E-state index contributed by atoms with van der Waals surface area (Å²) in [6.07, 6.45) is 0.600. The van der Waals surface area contributed by atoms with Crippen molar-refractivity contribution in [2.45, 2.75) is 18.9 Å². The standard InChI is InChI=1S/C26H26N4O7/c1-35-23-5-3-17-24(29-23)16(12-18(28-17)25(27)32)19-10-15(26(33)34)6-7-30(19)13-20(31)14-2-4-21-22(11-14)37-9-8-36-21/h2-5,11-12,15,19H,6-10,13H2,1H3,(H2,27,32)(H,33,34). The van der Waals surface area contributed by atoms with Crippen LogP contribution in [0.25, 0.3) is 11.0 Å². The topological polar surface area (TPSA) is 154 Å². The molecule has 1 saturated heterocycles. The first-order valence-electron chi connectivity index (χ1n) is 11.9. The van der Waals surface area contributed by atoms with Gasteiger partial charge in [0.25, 0.3) is 5.91 Å². The number of carbonyl (C=O) groups excluding carboxylic acids is 2. The number of nitrogens with zero attached hydrogens (tertiary/aromatic N) is 3. The molecule has 0 saturated carbocycles. The van der Waals surface area contributed by atoms with Crippen molar-refractivity contribution in [1.82, 2.24) is 14.9 Å². The number of pyridine rings is 2. The molecule has 1 amide bonds. The molecule has 2 atom stereocenters. The Bertz CT molecular complexity index is 1390. The lowest BCUT2D eigenvalue weighted by Gasteiger charge is -2.38. The molecule has 11 heteroatoms. The van der Waals surface area contributed by atoms with Crippen LogP contribution < -0.4 is 19.9 Å². The average Bonchev–Trinajstić information content (AvgIpc) is 2.91. The Morgan fingerprint density at radius 3 is 2.62 bits per heavy atom. The van der Waals surface area contributed by atoms with Crippen molar-refractivity contribution in [3.05, 3.63) is 53.2 Å². The predicted octanol–water partition coefficient (Wildman–Crippen LogP) is 2.23. The number of methoxy groups -OCH3 is 1. The number of carbonyl (C=O) groups is 3. The van der Waals surface area contributed by atoms with Crippen LogP contribution in [0.4, 0.5) is 0 Å². The van der Waals surface area contributed by atoms with E-state index in [1.807, 2.05) is 4.90 Å². The lowest BCUT2D eigenvalue weighted by Crippen LogP contribution is -2.42. The van der Waals surface area contributed by atoms with Crippen LogP contribution in [0, 0.1) is 5.92 Å². The summed E-state index contributed by atoms with van der Waals surface area (Å²) in [6, 6.07) is 9.35. The molecule has 2 aliphatic rings. The molecule has 0 spiro atoms. The van der Waals surface area contributed by atoms with Gasteiger partial charge in [-0.05, 0) is 48.7 Å². The SMILES string of the molecule is COc1ccc2nc(C(N)=O)cc(C3CC(C(=O)O)CCN3CC(=O)c3ccc4c(c3)OCCO4)c2n1. The number of Topliss-reactive ketones (excluding diaryl/α,β-unsaturated/α-hetero) is 1. The van der Waals surface area contributed by atoms with E-state index in [1.165, 1.54) is 13.2 Å². The zero-order valence-corrected chi connectivity index (χ0v) is 20.2. The van der Waals surface area contributed by atoms with Gasteiger partial charge in [0, 0.05) is 24.2 Å². The summed E-state index contributed by atoms with van der Waals surface area (Å²) in [5.74, 6) is -0.977. The summed E-state index contributed by atoms with van der Waals surface area (Å²) in [7, 11) is 1.48. The number of piperidine rings is 1. The van der Waals surface area contributed by atoms with Gasteiger partial charge in [-0.3, -0.25) is 19.3 Å². The molecule has 1 fully saturated rings. The summed E-state index contributed by atoms with van der Waals surface area (Å²) >= 11 is 0. The minimum Gasteiger partial charge on any atom is -0.486 e. The minimum absolute atomic E-state index is 0.0241. The van der Waals surface area contributed by atoms with Crippen LogP contribution in [-0.2, 0) is 4.79 Å². The number of ether oxygens (including phenoxy) is 3. The van der Waals surface area contributed by atoms with Crippen LogP contribution in [0.3, 0.4) is 0 Å². The van der Waals surface area contributed by atoms with Crippen LogP contribution in [0.5, 0.6) is 17.4 Å². The monoisotopic (exact) mass is 506 g/mol. The molecule has 5 rings (SSSR count). The first-order chi connectivity index (χ1) is 17.8. The quantitative estimate of drug-likeness (QED) is 0.456. The molecule has 4 heterocycles. The fraction of sp³-hybridized carbons (Fsp3) is 0.346. The van der Waals surface area contributed by atoms with E-state index in [9.17, 15) is 19.5 Å². The molecule has 0 bridgehead atoms. The van der Waals surface area contributed by atoms with Crippen molar-refractivity contribution in [3.8, 4) is 17.4 Å². The number of amides is 1. The zero-order chi connectivity index (χ0) is 26.1. The summed E-state index contributed by atoms with van der Waals surface area (Å²) < 4.78 is 16.4. The van der Waals surface area contributed by atoms with Crippen molar-refractivity contribution < 1.29 is 33.7 Å². The number of benzene rings is 1. The summed E-state index contributed by atoms with van der Waals surface area (Å²) in [5.41, 5.74) is 7.49. The third kappa shape index (κ3) is 4.90. The number of aromatic nitrogens is 2. The highest BCUT2D eigenvalue weighted by atomic mass is 16.6. The molecular formula is C26H26N4O7. The van der Waals surface area contributed by atoms with Gasteiger partial charge < -0.3 is 25.1 Å². The van der Waals surface area contributed by atoms with Gasteiger partial charge in [-0.25, -0.2) is 9.97 Å². The molecule has 3 N–H and O–H groups in total. The van der Waals surface area contributed by atoms with Crippen molar-refractivity contribution in [1.29, 1.82) is 0 Å². The van der Waals surface area contributed by atoms with E-state index < -0.39 is 23.8 Å². The molecule has 37 heavy (non-hydrogen) atoms. The maximum atomic E-state index is 13.4. The highest BCUT2D eigenvalue weighted by Crippen LogP contribution is 2.38. The Morgan fingerprint density at radius 1 is 1.11 bits per heavy atom. The van der Waals surface area contributed by atoms with Gasteiger partial charge in [-0.2, -0.15) is 0 Å². The Kier molecular flexibility index (Phi) is 6.62. The molecule has 2 unspecified atom stereocenters. The van der Waals surface area contributed by atoms with Gasteiger partial charge in [0.15, 0.2) is 17.3 Å². The second-order valence-electron chi connectivity index (χ2n) is 9.01. The number of hydrogen-bond donors (Lipinski definition) is 2. The van der Waals surface area contributed by atoms with Crippen molar-refractivity contribution in [2.24, 2.45) is 11.7 Å². The van der Waals surface area contributed by atoms with Crippen LogP contribution in [-0.4, -0.2) is 71.0 Å². The molecule has 2 aliphatic heterocycles. The third-order valence-electron chi connectivity index (χ3n) is 6.75. The smallest absolute Gasteiger partial charge is 0.306 e. The average molecular weight is 507 g/mol. The van der Waals surface area contributed by atoms with E-state index in [0.29, 0.717) is 65.7 Å². The third-order valence-corrected chi connectivity index (χ3v) is 6.75. The summed E-state index contributed by atoms with van der Waals surface area (Å²) in [5, 5.41) is 9.77. The number of likely N-dealkylation sites (tertiary alicyclic amines) is 1. The van der Waals surface area contributed by atoms with E-state index in [4.69, 9.17) is 19.9 Å². The molecular weight excluding hydrogens is 480 g/mol. The summed E-state index contributed by atoms with van der Waals surface area (Å²) in [6.45, 7) is 1.24. The lowest BCUT2D eigenvalue weighted by atomic mass is 9.86. The molecule has 2 aromatic heterocycles. The zero-order valence-electron chi connectivity index (χ0n) is 20.2. The number of ketones is 1. The molecule has 3 aromatic rings.